The number of halogens is 1. The average molecular weight is 296 g/mol. The van der Waals surface area contributed by atoms with Gasteiger partial charge in [0, 0.05) is 18.5 Å². The van der Waals surface area contributed by atoms with Crippen LogP contribution < -0.4 is 4.72 Å². The Labute approximate surface area is 116 Å². The minimum Gasteiger partial charge on any atom is -0.506 e. The maximum atomic E-state index is 13.0. The predicted octanol–water partition coefficient (Wildman–Crippen LogP) is 1.91. The molecule has 2 aromatic rings. The van der Waals surface area contributed by atoms with Crippen LogP contribution in [-0.2, 0) is 16.4 Å². The molecule has 1 aromatic carbocycles. The molecule has 0 aliphatic heterocycles. The van der Waals surface area contributed by atoms with E-state index >= 15 is 0 Å². The first-order chi connectivity index (χ1) is 9.46. The summed E-state index contributed by atoms with van der Waals surface area (Å²) in [7, 11) is -3.67. The van der Waals surface area contributed by atoms with E-state index in [0.717, 1.165) is 23.8 Å². The number of nitrogens with one attached hydrogen (secondary N) is 1. The number of pyridine rings is 1. The van der Waals surface area contributed by atoms with Gasteiger partial charge in [0.1, 0.15) is 11.6 Å². The summed E-state index contributed by atoms with van der Waals surface area (Å²) in [6.07, 6.45) is 3.45. The molecule has 0 bridgehead atoms. The SMILES string of the molecule is O=S(=O)(CCc1ccncc1)Nc1cc(F)ccc1O. The fourth-order valence-electron chi connectivity index (χ4n) is 1.61. The number of hydrogen-bond donors (Lipinski definition) is 2. The fraction of sp³-hybridized carbons (Fsp3) is 0.154. The van der Waals surface area contributed by atoms with Crippen LogP contribution in [0.3, 0.4) is 0 Å². The molecule has 0 saturated carbocycles. The molecule has 0 saturated heterocycles. The number of phenolic OH excluding ortho intramolecular Hbond substituents is 1. The minimum absolute atomic E-state index is 0.167. The van der Waals surface area contributed by atoms with E-state index in [4.69, 9.17) is 0 Å². The highest BCUT2D eigenvalue weighted by Gasteiger charge is 2.13. The van der Waals surface area contributed by atoms with Gasteiger partial charge in [0.05, 0.1) is 11.4 Å². The van der Waals surface area contributed by atoms with Crippen LogP contribution in [0.15, 0.2) is 42.7 Å². The van der Waals surface area contributed by atoms with Crippen molar-refractivity contribution in [2.24, 2.45) is 0 Å². The van der Waals surface area contributed by atoms with Crippen molar-refractivity contribution in [2.75, 3.05) is 10.5 Å². The molecule has 2 rings (SSSR count). The molecular formula is C13H13FN2O3S. The molecule has 2 N–H and O–H groups in total. The number of aryl methyl sites for hydroxylation is 1. The summed E-state index contributed by atoms with van der Waals surface area (Å²) in [5.41, 5.74) is 0.661. The Morgan fingerprint density at radius 3 is 2.60 bits per heavy atom. The zero-order valence-electron chi connectivity index (χ0n) is 10.5. The predicted molar refractivity (Wildman–Crippen MR) is 73.4 cm³/mol. The Morgan fingerprint density at radius 1 is 1.20 bits per heavy atom. The number of rotatable bonds is 5. The summed E-state index contributed by atoms with van der Waals surface area (Å²) in [4.78, 5) is 3.84. The van der Waals surface area contributed by atoms with Gasteiger partial charge in [-0.2, -0.15) is 0 Å². The summed E-state index contributed by atoms with van der Waals surface area (Å²) in [5, 5.41) is 9.48. The normalized spacial score (nSPS) is 11.2. The largest absolute Gasteiger partial charge is 0.506 e. The summed E-state index contributed by atoms with van der Waals surface area (Å²) in [5.74, 6) is -1.12. The molecule has 0 amide bonds. The second kappa shape index (κ2) is 5.87. The third kappa shape index (κ3) is 3.92. The van der Waals surface area contributed by atoms with E-state index in [1.165, 1.54) is 0 Å². The number of anilines is 1. The third-order valence-corrected chi connectivity index (χ3v) is 3.91. The minimum atomic E-state index is -3.67. The van der Waals surface area contributed by atoms with Gasteiger partial charge in [-0.05, 0) is 36.2 Å². The van der Waals surface area contributed by atoms with Crippen LogP contribution in [0.2, 0.25) is 0 Å². The Bertz CT molecular complexity index is 690. The molecule has 0 radical (unpaired) electrons. The van der Waals surface area contributed by atoms with Crippen molar-refractivity contribution >= 4 is 15.7 Å². The quantitative estimate of drug-likeness (QED) is 0.826. The van der Waals surface area contributed by atoms with Gasteiger partial charge in [-0.1, -0.05) is 0 Å². The molecule has 0 atom stereocenters. The number of nitrogens with zero attached hydrogens (tertiary/aromatic N) is 1. The summed E-state index contributed by atoms with van der Waals surface area (Å²) >= 11 is 0. The zero-order chi connectivity index (χ0) is 14.6. The number of phenols is 1. The van der Waals surface area contributed by atoms with E-state index < -0.39 is 15.8 Å². The summed E-state index contributed by atoms with van der Waals surface area (Å²) in [6.45, 7) is 0. The molecule has 0 spiro atoms. The number of benzene rings is 1. The molecule has 106 valence electrons. The lowest BCUT2D eigenvalue weighted by Gasteiger charge is -2.09. The van der Waals surface area contributed by atoms with Crippen LogP contribution in [0.25, 0.3) is 0 Å². The molecule has 7 heteroatoms. The first kappa shape index (κ1) is 14.3. The highest BCUT2D eigenvalue weighted by atomic mass is 32.2. The third-order valence-electron chi connectivity index (χ3n) is 2.63. The summed E-state index contributed by atoms with van der Waals surface area (Å²) < 4.78 is 38.9. The van der Waals surface area contributed by atoms with E-state index in [-0.39, 0.29) is 17.2 Å². The first-order valence-corrected chi connectivity index (χ1v) is 7.49. The Hall–Kier alpha value is -2.15. The van der Waals surface area contributed by atoms with Gasteiger partial charge >= 0.3 is 0 Å². The van der Waals surface area contributed by atoms with E-state index in [1.54, 1.807) is 24.5 Å². The number of sulfonamides is 1. The van der Waals surface area contributed by atoms with Crippen molar-refractivity contribution in [1.82, 2.24) is 4.98 Å². The first-order valence-electron chi connectivity index (χ1n) is 5.84. The fourth-order valence-corrected chi connectivity index (χ4v) is 2.72. The lowest BCUT2D eigenvalue weighted by molar-refractivity contribution is 0.475. The highest BCUT2D eigenvalue weighted by molar-refractivity contribution is 7.92. The van der Waals surface area contributed by atoms with E-state index in [2.05, 4.69) is 9.71 Å². The smallest absolute Gasteiger partial charge is 0.233 e. The second-order valence-corrected chi connectivity index (χ2v) is 6.03. The molecule has 1 heterocycles. The molecule has 0 aliphatic rings. The van der Waals surface area contributed by atoms with Crippen LogP contribution >= 0.6 is 0 Å². The van der Waals surface area contributed by atoms with Crippen LogP contribution in [0.1, 0.15) is 5.56 Å². The van der Waals surface area contributed by atoms with Gasteiger partial charge in [-0.3, -0.25) is 9.71 Å². The van der Waals surface area contributed by atoms with Crippen molar-refractivity contribution in [3.8, 4) is 5.75 Å². The van der Waals surface area contributed by atoms with Crippen molar-refractivity contribution < 1.29 is 17.9 Å². The van der Waals surface area contributed by atoms with Crippen LogP contribution in [0, 0.1) is 5.82 Å². The number of aromatic nitrogens is 1. The molecular weight excluding hydrogens is 283 g/mol. The van der Waals surface area contributed by atoms with Gasteiger partial charge in [-0.25, -0.2) is 12.8 Å². The van der Waals surface area contributed by atoms with E-state index in [1.807, 2.05) is 0 Å². The van der Waals surface area contributed by atoms with Crippen LogP contribution in [0.5, 0.6) is 5.75 Å². The maximum Gasteiger partial charge on any atom is 0.233 e. The van der Waals surface area contributed by atoms with Crippen molar-refractivity contribution in [3.63, 3.8) is 0 Å². The topological polar surface area (TPSA) is 79.3 Å². The Balaban J connectivity index is 2.06. The zero-order valence-corrected chi connectivity index (χ0v) is 11.3. The molecule has 1 aromatic heterocycles. The van der Waals surface area contributed by atoms with Crippen LogP contribution in [-0.4, -0.2) is 24.3 Å². The number of aromatic hydroxyl groups is 1. The van der Waals surface area contributed by atoms with Crippen LogP contribution in [0.4, 0.5) is 10.1 Å². The Kier molecular flexibility index (Phi) is 4.19. The van der Waals surface area contributed by atoms with Crippen molar-refractivity contribution in [1.29, 1.82) is 0 Å². The Morgan fingerprint density at radius 2 is 1.90 bits per heavy atom. The molecule has 0 unspecified atom stereocenters. The monoisotopic (exact) mass is 296 g/mol. The summed E-state index contributed by atoms with van der Waals surface area (Å²) in [6, 6.07) is 6.50. The standard InChI is InChI=1S/C13H13FN2O3S/c14-11-1-2-13(17)12(9-11)16-20(18,19)8-5-10-3-6-15-7-4-10/h1-4,6-7,9,16-17H,5,8H2. The number of hydrogen-bond acceptors (Lipinski definition) is 4. The lowest BCUT2D eigenvalue weighted by Crippen LogP contribution is -2.18. The van der Waals surface area contributed by atoms with Gasteiger partial charge in [0.2, 0.25) is 10.0 Å². The average Bonchev–Trinajstić information content (AvgIpc) is 2.42. The van der Waals surface area contributed by atoms with E-state index in [0.29, 0.717) is 6.42 Å². The molecule has 0 fully saturated rings. The second-order valence-electron chi connectivity index (χ2n) is 4.19. The molecule has 20 heavy (non-hydrogen) atoms. The van der Waals surface area contributed by atoms with Gasteiger partial charge < -0.3 is 5.11 Å². The molecule has 0 aliphatic carbocycles. The highest BCUT2D eigenvalue weighted by Crippen LogP contribution is 2.24. The van der Waals surface area contributed by atoms with Gasteiger partial charge in [0.25, 0.3) is 0 Å². The lowest BCUT2D eigenvalue weighted by atomic mass is 10.2. The maximum absolute atomic E-state index is 13.0. The van der Waals surface area contributed by atoms with Crippen molar-refractivity contribution in [3.05, 3.63) is 54.1 Å². The van der Waals surface area contributed by atoms with Gasteiger partial charge in [0.15, 0.2) is 0 Å². The molecule has 5 nitrogen and oxygen atoms in total. The van der Waals surface area contributed by atoms with Gasteiger partial charge in [-0.15, -0.1) is 0 Å². The van der Waals surface area contributed by atoms with E-state index in [9.17, 15) is 17.9 Å². The van der Waals surface area contributed by atoms with Crippen molar-refractivity contribution in [2.45, 2.75) is 6.42 Å².